The number of hydrogen-bond acceptors (Lipinski definition) is 5. The Hall–Kier alpha value is -3.45. The number of H-pyrrole nitrogens is 1. The van der Waals surface area contributed by atoms with E-state index in [9.17, 15) is 9.90 Å². The summed E-state index contributed by atoms with van der Waals surface area (Å²) in [6.45, 7) is 1.81. The Morgan fingerprint density at radius 3 is 2.59 bits per heavy atom. The van der Waals surface area contributed by atoms with Crippen molar-refractivity contribution in [3.05, 3.63) is 84.1 Å². The maximum Gasteiger partial charge on any atom is 0.137 e. The number of carbonyl (C=O) groups excluding carboxylic acids is 1. The molecule has 2 aromatic heterocycles. The lowest BCUT2D eigenvalue weighted by Crippen LogP contribution is -2.21. The van der Waals surface area contributed by atoms with E-state index in [4.69, 9.17) is 0 Å². The number of carboxylic acids is 1. The summed E-state index contributed by atoms with van der Waals surface area (Å²) in [5.41, 5.74) is 4.03. The Bertz CT molecular complexity index is 1040. The number of aromatic amines is 1. The van der Waals surface area contributed by atoms with Crippen molar-refractivity contribution in [3.8, 4) is 0 Å². The third-order valence-electron chi connectivity index (χ3n) is 4.48. The lowest BCUT2D eigenvalue weighted by molar-refractivity contribution is -0.255. The van der Waals surface area contributed by atoms with E-state index in [1.165, 1.54) is 34.2 Å². The number of carboxylic acid groups (broad SMARTS) is 1. The minimum absolute atomic E-state index is 0.220. The third kappa shape index (κ3) is 5.76. The van der Waals surface area contributed by atoms with Gasteiger partial charge in [0.05, 0.1) is 12.5 Å². The number of carbonyl (C=O) groups is 1. The summed E-state index contributed by atoms with van der Waals surface area (Å²) in [7, 11) is 4.20. The predicted octanol–water partition coefficient (Wildman–Crippen LogP) is 1.96. The van der Waals surface area contributed by atoms with Crippen LogP contribution >= 0.6 is 0 Å². The van der Waals surface area contributed by atoms with Gasteiger partial charge in [-0.25, -0.2) is 9.67 Å². The Morgan fingerprint density at radius 1 is 1.17 bits per heavy atom. The fourth-order valence-electron chi connectivity index (χ4n) is 2.95. The molecule has 7 nitrogen and oxygen atoms in total. The van der Waals surface area contributed by atoms with Gasteiger partial charge in [0, 0.05) is 23.6 Å². The largest absolute Gasteiger partial charge is 0.545 e. The van der Waals surface area contributed by atoms with Crippen LogP contribution in [0.1, 0.15) is 21.5 Å². The summed E-state index contributed by atoms with van der Waals surface area (Å²) in [6.07, 6.45) is 6.48. The molecule has 0 aliphatic carbocycles. The molecule has 0 spiro atoms. The highest BCUT2D eigenvalue weighted by Crippen LogP contribution is 2.21. The number of nitrogens with one attached hydrogen (secondary N) is 1. The van der Waals surface area contributed by atoms with Crippen LogP contribution in [-0.4, -0.2) is 51.3 Å². The number of fused-ring (bicyclic) bond motifs is 1. The first-order valence-corrected chi connectivity index (χ1v) is 9.35. The number of aromatic carboxylic acids is 1. The molecular formula is C22H24N5O2-. The van der Waals surface area contributed by atoms with Crippen LogP contribution in [0.5, 0.6) is 0 Å². The quantitative estimate of drug-likeness (QED) is 0.544. The van der Waals surface area contributed by atoms with Crippen molar-refractivity contribution in [2.75, 3.05) is 20.6 Å². The number of rotatable bonds is 6. The molecule has 2 aromatic carbocycles. The molecule has 29 heavy (non-hydrogen) atoms. The van der Waals surface area contributed by atoms with Crippen LogP contribution in [0.25, 0.3) is 10.9 Å². The van der Waals surface area contributed by atoms with Crippen molar-refractivity contribution >= 4 is 16.9 Å². The molecular weight excluding hydrogens is 366 g/mol. The number of nitrogens with zero attached hydrogens (tertiary/aromatic N) is 4. The zero-order valence-corrected chi connectivity index (χ0v) is 16.6. The van der Waals surface area contributed by atoms with Crippen LogP contribution in [-0.2, 0) is 13.0 Å². The topological polar surface area (TPSA) is 89.9 Å². The van der Waals surface area contributed by atoms with Crippen molar-refractivity contribution in [3.63, 3.8) is 0 Å². The monoisotopic (exact) mass is 390 g/mol. The lowest BCUT2D eigenvalue weighted by atomic mass is 10.1. The Balaban J connectivity index is 0.000000224. The molecule has 0 atom stereocenters. The van der Waals surface area contributed by atoms with Crippen molar-refractivity contribution in [2.24, 2.45) is 0 Å². The normalized spacial score (nSPS) is 10.7. The standard InChI is InChI=1S/C15H19N5.C7H6O2/c1-19(2)6-5-13-8-17-15-4-3-12(7-14(13)15)9-20-11-16-10-18-20;8-7(9)6-4-2-1-3-5-6/h3-4,7-8,10-11,17H,5-6,9H2,1-2H3;1-5H,(H,8,9)/p-1. The van der Waals surface area contributed by atoms with Crippen molar-refractivity contribution in [2.45, 2.75) is 13.0 Å². The zero-order valence-electron chi connectivity index (χ0n) is 16.6. The Morgan fingerprint density at radius 2 is 1.97 bits per heavy atom. The van der Waals surface area contributed by atoms with Gasteiger partial charge < -0.3 is 19.8 Å². The van der Waals surface area contributed by atoms with E-state index >= 15 is 0 Å². The molecule has 0 saturated heterocycles. The highest BCUT2D eigenvalue weighted by Gasteiger charge is 2.06. The van der Waals surface area contributed by atoms with E-state index in [0.717, 1.165) is 19.5 Å². The second-order valence-electron chi connectivity index (χ2n) is 6.99. The Kier molecular flexibility index (Phi) is 6.76. The maximum atomic E-state index is 10.1. The van der Waals surface area contributed by atoms with Crippen LogP contribution in [0.3, 0.4) is 0 Å². The summed E-state index contributed by atoms with van der Waals surface area (Å²) in [5, 5.41) is 15.6. The first kappa shape index (κ1) is 20.3. The molecule has 7 heteroatoms. The minimum atomic E-state index is -1.13. The highest BCUT2D eigenvalue weighted by atomic mass is 16.4. The summed E-state index contributed by atoms with van der Waals surface area (Å²) >= 11 is 0. The maximum absolute atomic E-state index is 10.1. The van der Waals surface area contributed by atoms with Gasteiger partial charge in [-0.15, -0.1) is 0 Å². The van der Waals surface area contributed by atoms with Crippen LogP contribution in [0.15, 0.2) is 67.4 Å². The van der Waals surface area contributed by atoms with Crippen LogP contribution < -0.4 is 5.11 Å². The first-order chi connectivity index (χ1) is 14.0. The molecule has 0 unspecified atom stereocenters. The Labute approximate surface area is 169 Å². The van der Waals surface area contributed by atoms with Gasteiger partial charge >= 0.3 is 0 Å². The molecule has 150 valence electrons. The molecule has 0 fully saturated rings. The number of hydrogen-bond donors (Lipinski definition) is 1. The molecule has 0 radical (unpaired) electrons. The number of benzene rings is 2. The van der Waals surface area contributed by atoms with E-state index in [2.05, 4.69) is 58.5 Å². The smallest absolute Gasteiger partial charge is 0.137 e. The minimum Gasteiger partial charge on any atom is -0.545 e. The summed E-state index contributed by atoms with van der Waals surface area (Å²) in [4.78, 5) is 19.6. The van der Waals surface area contributed by atoms with Gasteiger partial charge in [0.1, 0.15) is 12.7 Å². The van der Waals surface area contributed by atoms with E-state index in [0.29, 0.717) is 0 Å². The van der Waals surface area contributed by atoms with Crippen molar-refractivity contribution < 1.29 is 9.90 Å². The van der Waals surface area contributed by atoms with Gasteiger partial charge in [-0.1, -0.05) is 36.4 Å². The van der Waals surface area contributed by atoms with Crippen LogP contribution in [0.2, 0.25) is 0 Å². The highest BCUT2D eigenvalue weighted by molar-refractivity contribution is 5.85. The summed E-state index contributed by atoms with van der Waals surface area (Å²) in [5.74, 6) is -1.13. The molecule has 4 aromatic rings. The molecule has 1 N–H and O–H groups in total. The molecule has 2 heterocycles. The summed E-state index contributed by atoms with van der Waals surface area (Å²) < 4.78 is 1.84. The van der Waals surface area contributed by atoms with Gasteiger partial charge in [-0.3, -0.25) is 0 Å². The molecule has 0 saturated carbocycles. The van der Waals surface area contributed by atoms with E-state index in [1.807, 2.05) is 4.68 Å². The zero-order chi connectivity index (χ0) is 20.6. The van der Waals surface area contributed by atoms with Gasteiger partial charge in [0.15, 0.2) is 0 Å². The number of aromatic nitrogens is 4. The van der Waals surface area contributed by atoms with Gasteiger partial charge in [0.2, 0.25) is 0 Å². The average Bonchev–Trinajstić information content (AvgIpc) is 3.37. The molecule has 0 aliphatic heterocycles. The number of likely N-dealkylation sites (N-methyl/N-ethyl adjacent to an activating group) is 1. The second kappa shape index (κ2) is 9.66. The van der Waals surface area contributed by atoms with Crippen LogP contribution in [0.4, 0.5) is 0 Å². The van der Waals surface area contributed by atoms with Gasteiger partial charge in [-0.05, 0) is 49.3 Å². The van der Waals surface area contributed by atoms with E-state index in [-0.39, 0.29) is 5.56 Å². The third-order valence-corrected chi connectivity index (χ3v) is 4.48. The van der Waals surface area contributed by atoms with Crippen LogP contribution in [0, 0.1) is 0 Å². The van der Waals surface area contributed by atoms with Gasteiger partial charge in [0.25, 0.3) is 0 Å². The predicted molar refractivity (Wildman–Crippen MR) is 110 cm³/mol. The van der Waals surface area contributed by atoms with Crippen molar-refractivity contribution in [1.29, 1.82) is 0 Å². The average molecular weight is 390 g/mol. The van der Waals surface area contributed by atoms with E-state index in [1.54, 1.807) is 30.9 Å². The summed E-state index contributed by atoms with van der Waals surface area (Å²) in [6, 6.07) is 14.6. The van der Waals surface area contributed by atoms with Crippen molar-refractivity contribution in [1.82, 2.24) is 24.6 Å². The molecule has 0 bridgehead atoms. The fraction of sp³-hybridized carbons (Fsp3) is 0.227. The SMILES string of the molecule is CN(C)CCc1c[nH]c2ccc(Cn3cncn3)cc12.O=C([O-])c1ccccc1. The van der Waals surface area contributed by atoms with E-state index < -0.39 is 5.97 Å². The molecule has 4 rings (SSSR count). The fourth-order valence-corrected chi connectivity index (χ4v) is 2.95. The van der Waals surface area contributed by atoms with Gasteiger partial charge in [-0.2, -0.15) is 5.10 Å². The molecule has 0 aliphatic rings. The molecule has 0 amide bonds. The first-order valence-electron chi connectivity index (χ1n) is 9.35. The second-order valence-corrected chi connectivity index (χ2v) is 6.99. The lowest BCUT2D eigenvalue weighted by Gasteiger charge is -2.08.